The third-order valence-corrected chi connectivity index (χ3v) is 6.53. The first kappa shape index (κ1) is 18.4. The van der Waals surface area contributed by atoms with Gasteiger partial charge < -0.3 is 4.74 Å². The van der Waals surface area contributed by atoms with E-state index in [9.17, 15) is 9.59 Å². The second-order valence-electron chi connectivity index (χ2n) is 8.50. The van der Waals surface area contributed by atoms with Crippen LogP contribution in [0.4, 0.5) is 4.79 Å². The van der Waals surface area contributed by atoms with Crippen LogP contribution in [0, 0.1) is 17.8 Å². The zero-order valence-corrected chi connectivity index (χ0v) is 16.4. The van der Waals surface area contributed by atoms with Crippen LogP contribution in [0.5, 0.6) is 0 Å². The molecule has 0 aromatic heterocycles. The molecule has 150 valence electrons. The highest BCUT2D eigenvalue weighted by molar-refractivity contribution is 5.95. The van der Waals surface area contributed by atoms with E-state index in [1.54, 1.807) is 0 Å². The van der Waals surface area contributed by atoms with Crippen LogP contribution in [0.25, 0.3) is 0 Å². The van der Waals surface area contributed by atoms with E-state index in [0.29, 0.717) is 18.4 Å². The largest absolute Gasteiger partial charge is 0.446 e. The minimum absolute atomic E-state index is 0.0613. The zero-order chi connectivity index (χ0) is 19.8. The number of hydrogen-bond donors (Lipinski definition) is 0. The molecule has 5 rings (SSSR count). The number of cyclic esters (lactones) is 1. The highest BCUT2D eigenvalue weighted by Gasteiger charge is 2.50. The lowest BCUT2D eigenvalue weighted by molar-refractivity contribution is -0.134. The molecule has 5 nitrogen and oxygen atoms in total. The van der Waals surface area contributed by atoms with Crippen molar-refractivity contribution in [2.45, 2.75) is 25.4 Å². The summed E-state index contributed by atoms with van der Waals surface area (Å²) in [4.78, 5) is 29.8. The normalized spacial score (nSPS) is 27.2. The number of carbonyl (C=O) groups is 2. The van der Waals surface area contributed by atoms with E-state index in [-0.39, 0.29) is 24.5 Å². The topological polar surface area (TPSA) is 49.9 Å². The zero-order valence-electron chi connectivity index (χ0n) is 16.4. The van der Waals surface area contributed by atoms with Crippen molar-refractivity contribution in [3.63, 3.8) is 0 Å². The number of carbonyl (C=O) groups excluding carboxylic acids is 2. The first-order valence-corrected chi connectivity index (χ1v) is 10.5. The first-order valence-electron chi connectivity index (χ1n) is 10.5. The van der Waals surface area contributed by atoms with Crippen molar-refractivity contribution in [1.82, 2.24) is 9.80 Å². The van der Waals surface area contributed by atoms with Gasteiger partial charge in [0.05, 0.1) is 5.92 Å². The Labute approximate surface area is 171 Å². The molecule has 0 radical (unpaired) electrons. The highest BCUT2D eigenvalue weighted by atomic mass is 16.6. The number of imide groups is 1. The van der Waals surface area contributed by atoms with Gasteiger partial charge in [0.25, 0.3) is 0 Å². The third kappa shape index (κ3) is 3.67. The number of hydrogen-bond acceptors (Lipinski definition) is 4. The minimum Gasteiger partial charge on any atom is -0.446 e. The monoisotopic (exact) mass is 390 g/mol. The number of nitrogens with zero attached hydrogens (tertiary/aromatic N) is 2. The number of benzene rings is 2. The lowest BCUT2D eigenvalue weighted by atomic mass is 9.89. The molecule has 3 fully saturated rings. The Morgan fingerprint density at radius 3 is 2.34 bits per heavy atom. The molecule has 2 aromatic carbocycles. The van der Waals surface area contributed by atoms with Crippen molar-refractivity contribution in [2.75, 3.05) is 19.7 Å². The number of ether oxygens (including phenoxy) is 1. The van der Waals surface area contributed by atoms with E-state index < -0.39 is 6.09 Å². The van der Waals surface area contributed by atoms with Crippen LogP contribution in [0.2, 0.25) is 0 Å². The van der Waals surface area contributed by atoms with Gasteiger partial charge in [-0.3, -0.25) is 9.69 Å². The standard InChI is InChI=1S/C24H26N2O3/c27-23(26-22(16-29-24(26)28)19-9-5-2-6-10-19)21-15-25(14-20(21)18-11-12-18)13-17-7-3-1-4-8-17/h1-10,18,20-22H,11-16H2/t20-,21+,22-/m1/s1. The van der Waals surface area contributed by atoms with E-state index >= 15 is 0 Å². The van der Waals surface area contributed by atoms with Gasteiger partial charge in [0.1, 0.15) is 12.6 Å². The molecule has 0 N–H and O–H groups in total. The Hall–Kier alpha value is -2.66. The fraction of sp³-hybridized carbons (Fsp3) is 0.417. The van der Waals surface area contributed by atoms with Crippen LogP contribution in [0.1, 0.15) is 30.0 Å². The quantitative estimate of drug-likeness (QED) is 0.778. The van der Waals surface area contributed by atoms with E-state index in [0.717, 1.165) is 18.7 Å². The maximum absolute atomic E-state index is 13.6. The SMILES string of the molecule is O=C1OC[C@H](c2ccccc2)N1C(=O)[C@H]1CN(Cc2ccccc2)C[C@@H]1C1CC1. The molecule has 3 aliphatic rings. The summed E-state index contributed by atoms with van der Waals surface area (Å²) in [6, 6.07) is 19.8. The molecule has 2 amide bonds. The molecule has 2 aromatic rings. The van der Waals surface area contributed by atoms with Gasteiger partial charge in [-0.25, -0.2) is 9.69 Å². The van der Waals surface area contributed by atoms with Crippen LogP contribution in [-0.4, -0.2) is 41.5 Å². The van der Waals surface area contributed by atoms with Gasteiger partial charge >= 0.3 is 6.09 Å². The van der Waals surface area contributed by atoms with Crippen molar-refractivity contribution in [2.24, 2.45) is 17.8 Å². The predicted molar refractivity (Wildman–Crippen MR) is 109 cm³/mol. The number of rotatable bonds is 5. The van der Waals surface area contributed by atoms with Crippen molar-refractivity contribution in [1.29, 1.82) is 0 Å². The summed E-state index contributed by atoms with van der Waals surface area (Å²) >= 11 is 0. The molecule has 3 atom stereocenters. The van der Waals surface area contributed by atoms with Gasteiger partial charge in [-0.2, -0.15) is 0 Å². The van der Waals surface area contributed by atoms with E-state index in [4.69, 9.17) is 4.74 Å². The van der Waals surface area contributed by atoms with E-state index in [2.05, 4.69) is 29.2 Å². The van der Waals surface area contributed by atoms with Crippen molar-refractivity contribution in [3.8, 4) is 0 Å². The molecular formula is C24H26N2O3. The summed E-state index contributed by atoms with van der Waals surface area (Å²) in [6.45, 7) is 2.72. The molecule has 2 saturated heterocycles. The molecule has 5 heteroatoms. The van der Waals surface area contributed by atoms with Crippen molar-refractivity contribution >= 4 is 12.0 Å². The smallest absolute Gasteiger partial charge is 0.417 e. The second-order valence-corrected chi connectivity index (χ2v) is 8.50. The van der Waals surface area contributed by atoms with E-state index in [1.807, 2.05) is 36.4 Å². The summed E-state index contributed by atoms with van der Waals surface area (Å²) in [6.07, 6.45) is 1.89. The molecule has 0 unspecified atom stereocenters. The molecular weight excluding hydrogens is 364 g/mol. The van der Waals surface area contributed by atoms with Crippen LogP contribution >= 0.6 is 0 Å². The molecule has 1 saturated carbocycles. The van der Waals surface area contributed by atoms with Gasteiger partial charge in [-0.05, 0) is 35.8 Å². The average molecular weight is 390 g/mol. The average Bonchev–Trinajstić information content (AvgIpc) is 3.40. The van der Waals surface area contributed by atoms with Crippen molar-refractivity contribution in [3.05, 3.63) is 71.8 Å². The lowest BCUT2D eigenvalue weighted by Gasteiger charge is -2.25. The van der Waals surface area contributed by atoms with Crippen LogP contribution in [0.15, 0.2) is 60.7 Å². The van der Waals surface area contributed by atoms with Crippen LogP contribution in [-0.2, 0) is 16.1 Å². The number of amides is 2. The Kier molecular flexibility index (Phi) is 4.84. The van der Waals surface area contributed by atoms with E-state index in [1.165, 1.54) is 23.3 Å². The molecule has 2 aliphatic heterocycles. The summed E-state index contributed by atoms with van der Waals surface area (Å²) in [5.41, 5.74) is 2.21. The number of likely N-dealkylation sites (tertiary alicyclic amines) is 1. The molecule has 1 aliphatic carbocycles. The summed E-state index contributed by atoms with van der Waals surface area (Å²) in [5.74, 6) is 0.742. The van der Waals surface area contributed by atoms with Gasteiger partial charge in [0.15, 0.2) is 0 Å². The fourth-order valence-corrected chi connectivity index (χ4v) is 4.91. The van der Waals surface area contributed by atoms with Gasteiger partial charge in [-0.15, -0.1) is 0 Å². The van der Waals surface area contributed by atoms with Crippen LogP contribution < -0.4 is 0 Å². The molecule has 2 heterocycles. The van der Waals surface area contributed by atoms with Crippen molar-refractivity contribution < 1.29 is 14.3 Å². The van der Waals surface area contributed by atoms with Gasteiger partial charge in [0, 0.05) is 19.6 Å². The summed E-state index contributed by atoms with van der Waals surface area (Å²) in [7, 11) is 0. The second kappa shape index (κ2) is 7.64. The highest BCUT2D eigenvalue weighted by Crippen LogP contribution is 2.45. The third-order valence-electron chi connectivity index (χ3n) is 6.53. The predicted octanol–water partition coefficient (Wildman–Crippen LogP) is 3.86. The lowest BCUT2D eigenvalue weighted by Crippen LogP contribution is -2.41. The Morgan fingerprint density at radius 1 is 0.966 bits per heavy atom. The Bertz CT molecular complexity index is 882. The Morgan fingerprint density at radius 2 is 1.66 bits per heavy atom. The summed E-state index contributed by atoms with van der Waals surface area (Å²) < 4.78 is 5.30. The van der Waals surface area contributed by atoms with Gasteiger partial charge in [0.2, 0.25) is 5.91 Å². The molecule has 0 spiro atoms. The first-order chi connectivity index (χ1) is 14.2. The van der Waals surface area contributed by atoms with Crippen LogP contribution in [0.3, 0.4) is 0 Å². The Balaban J connectivity index is 1.36. The van der Waals surface area contributed by atoms with Gasteiger partial charge in [-0.1, -0.05) is 60.7 Å². The molecule has 0 bridgehead atoms. The fourth-order valence-electron chi connectivity index (χ4n) is 4.91. The molecule has 29 heavy (non-hydrogen) atoms. The maximum atomic E-state index is 13.6. The maximum Gasteiger partial charge on any atom is 0.417 e. The minimum atomic E-state index is -0.500. The summed E-state index contributed by atoms with van der Waals surface area (Å²) in [5, 5.41) is 0.